The summed E-state index contributed by atoms with van der Waals surface area (Å²) >= 11 is 0. The fourth-order valence-corrected chi connectivity index (χ4v) is 4.50. The van der Waals surface area contributed by atoms with E-state index >= 15 is 0 Å². The Labute approximate surface area is 183 Å². The number of amidine groups is 1. The van der Waals surface area contributed by atoms with Crippen LogP contribution in [-0.2, 0) is 0 Å². The van der Waals surface area contributed by atoms with Gasteiger partial charge in [0.05, 0.1) is 24.2 Å². The molecular formula is C27H27N3O. The van der Waals surface area contributed by atoms with Gasteiger partial charge in [0.1, 0.15) is 11.6 Å². The van der Waals surface area contributed by atoms with E-state index in [0.29, 0.717) is 5.92 Å². The van der Waals surface area contributed by atoms with Gasteiger partial charge >= 0.3 is 0 Å². The zero-order valence-corrected chi connectivity index (χ0v) is 17.9. The molecule has 4 heteroatoms. The first-order chi connectivity index (χ1) is 15.3. The van der Waals surface area contributed by atoms with Crippen LogP contribution in [-0.4, -0.2) is 36.6 Å². The van der Waals surface area contributed by atoms with Crippen molar-refractivity contribution in [2.24, 2.45) is 9.98 Å². The fourth-order valence-electron chi connectivity index (χ4n) is 4.50. The number of hydrogen-bond donors (Lipinski definition) is 0. The summed E-state index contributed by atoms with van der Waals surface area (Å²) in [6.07, 6.45) is 3.04. The molecule has 1 saturated heterocycles. The lowest BCUT2D eigenvalue weighted by Gasteiger charge is -2.34. The van der Waals surface area contributed by atoms with Crippen molar-refractivity contribution in [2.75, 3.05) is 20.2 Å². The van der Waals surface area contributed by atoms with Crippen LogP contribution in [0.4, 0.5) is 11.4 Å². The minimum absolute atomic E-state index is 0.630. The molecule has 0 bridgehead atoms. The van der Waals surface area contributed by atoms with Crippen molar-refractivity contribution >= 4 is 22.9 Å². The van der Waals surface area contributed by atoms with Gasteiger partial charge in [0, 0.05) is 19.5 Å². The molecule has 2 aliphatic rings. The van der Waals surface area contributed by atoms with E-state index in [-0.39, 0.29) is 0 Å². The van der Waals surface area contributed by atoms with Crippen molar-refractivity contribution in [3.63, 3.8) is 0 Å². The van der Waals surface area contributed by atoms with Gasteiger partial charge in [0.15, 0.2) is 0 Å². The van der Waals surface area contributed by atoms with Crippen molar-refractivity contribution in [2.45, 2.75) is 25.2 Å². The lowest BCUT2D eigenvalue weighted by Crippen LogP contribution is -2.38. The summed E-state index contributed by atoms with van der Waals surface area (Å²) < 4.78 is 5.33. The molecule has 0 spiro atoms. The summed E-state index contributed by atoms with van der Waals surface area (Å²) in [6.45, 7) is 2.05. The number of hydrogen-bond acceptors (Lipinski definition) is 4. The second kappa shape index (κ2) is 8.76. The first-order valence-corrected chi connectivity index (χ1v) is 11.0. The number of ether oxygens (including phenoxy) is 1. The number of fused-ring (bicyclic) bond motifs is 1. The van der Waals surface area contributed by atoms with E-state index < -0.39 is 0 Å². The van der Waals surface area contributed by atoms with Crippen LogP contribution in [0.3, 0.4) is 0 Å². The summed E-state index contributed by atoms with van der Waals surface area (Å²) in [5.74, 6) is 2.60. The van der Waals surface area contributed by atoms with Crippen LogP contribution in [0.5, 0.6) is 5.75 Å². The number of benzene rings is 3. The Hall–Kier alpha value is -3.40. The second-order valence-electron chi connectivity index (χ2n) is 8.15. The Morgan fingerprint density at radius 1 is 0.774 bits per heavy atom. The molecule has 0 N–H and O–H groups in total. The van der Waals surface area contributed by atoms with E-state index in [2.05, 4.69) is 53.4 Å². The average Bonchev–Trinajstić information content (AvgIpc) is 3.05. The third-order valence-electron chi connectivity index (χ3n) is 6.27. The summed E-state index contributed by atoms with van der Waals surface area (Å²) in [4.78, 5) is 12.5. The van der Waals surface area contributed by atoms with Gasteiger partial charge in [-0.05, 0) is 66.3 Å². The lowest BCUT2D eigenvalue weighted by molar-refractivity contribution is 0.310. The number of rotatable bonds is 3. The van der Waals surface area contributed by atoms with Gasteiger partial charge in [-0.3, -0.25) is 4.99 Å². The van der Waals surface area contributed by atoms with Gasteiger partial charge in [-0.25, -0.2) is 4.99 Å². The van der Waals surface area contributed by atoms with Crippen LogP contribution in [0.2, 0.25) is 0 Å². The van der Waals surface area contributed by atoms with Crippen molar-refractivity contribution in [3.05, 3.63) is 90.0 Å². The third-order valence-corrected chi connectivity index (χ3v) is 6.27. The minimum Gasteiger partial charge on any atom is -0.497 e. The highest BCUT2D eigenvalue weighted by Gasteiger charge is 2.25. The summed E-state index contributed by atoms with van der Waals surface area (Å²) in [6, 6.07) is 27.2. The van der Waals surface area contributed by atoms with Crippen LogP contribution < -0.4 is 4.74 Å². The second-order valence-corrected chi connectivity index (χ2v) is 8.15. The Bertz CT molecular complexity index is 1090. The Balaban J connectivity index is 1.41. The lowest BCUT2D eigenvalue weighted by atomic mass is 9.89. The fraction of sp³-hybridized carbons (Fsp3) is 0.259. The van der Waals surface area contributed by atoms with Gasteiger partial charge in [0.2, 0.25) is 0 Å². The number of para-hydroxylation sites is 2. The molecule has 0 unspecified atom stereocenters. The molecule has 3 aromatic carbocycles. The first kappa shape index (κ1) is 19.6. The molecule has 1 fully saturated rings. The summed E-state index contributed by atoms with van der Waals surface area (Å²) in [7, 11) is 1.69. The van der Waals surface area contributed by atoms with Crippen molar-refractivity contribution in [1.82, 2.24) is 4.90 Å². The highest BCUT2D eigenvalue weighted by molar-refractivity contribution is 6.14. The maximum Gasteiger partial charge on any atom is 0.118 e. The van der Waals surface area contributed by atoms with E-state index in [1.165, 1.54) is 5.56 Å². The van der Waals surface area contributed by atoms with E-state index in [1.54, 1.807) is 7.11 Å². The quantitative estimate of drug-likeness (QED) is 0.522. The third kappa shape index (κ3) is 4.24. The van der Waals surface area contributed by atoms with E-state index in [0.717, 1.165) is 66.6 Å². The molecular weight excluding hydrogens is 382 g/mol. The molecule has 5 rings (SSSR count). The zero-order valence-electron chi connectivity index (χ0n) is 17.9. The summed E-state index contributed by atoms with van der Waals surface area (Å²) in [5.41, 5.74) is 5.50. The number of methoxy groups -OCH3 is 1. The molecule has 0 amide bonds. The minimum atomic E-state index is 0.630. The normalized spacial score (nSPS) is 16.7. The molecule has 0 aromatic heterocycles. The Morgan fingerprint density at radius 3 is 2.10 bits per heavy atom. The van der Waals surface area contributed by atoms with Crippen molar-refractivity contribution in [3.8, 4) is 5.75 Å². The largest absolute Gasteiger partial charge is 0.497 e. The molecule has 0 radical (unpaired) electrons. The molecule has 0 saturated carbocycles. The van der Waals surface area contributed by atoms with E-state index in [4.69, 9.17) is 14.7 Å². The van der Waals surface area contributed by atoms with Crippen molar-refractivity contribution < 1.29 is 4.74 Å². The molecule has 31 heavy (non-hydrogen) atoms. The molecule has 2 aliphatic heterocycles. The van der Waals surface area contributed by atoms with Gasteiger partial charge in [-0.1, -0.05) is 42.5 Å². The molecule has 3 aromatic rings. The van der Waals surface area contributed by atoms with Crippen LogP contribution in [0.15, 0.2) is 88.8 Å². The number of piperidine rings is 1. The van der Waals surface area contributed by atoms with Crippen LogP contribution >= 0.6 is 0 Å². The standard InChI is InChI=1S/C27H27N3O/c1-31-23-13-11-22(12-14-23)26-19-27(29-25-10-6-5-9-24(25)28-26)30-17-15-21(16-18-30)20-7-3-2-4-8-20/h2-14,21H,15-19H2,1H3. The number of nitrogens with zero attached hydrogens (tertiary/aromatic N) is 3. The highest BCUT2D eigenvalue weighted by atomic mass is 16.5. The predicted octanol–water partition coefficient (Wildman–Crippen LogP) is 6.13. The topological polar surface area (TPSA) is 37.2 Å². The van der Waals surface area contributed by atoms with Crippen LogP contribution in [0.1, 0.15) is 36.3 Å². The van der Waals surface area contributed by atoms with Gasteiger partial charge < -0.3 is 9.64 Å². The summed E-state index contributed by atoms with van der Waals surface area (Å²) in [5, 5.41) is 0. The van der Waals surface area contributed by atoms with Crippen LogP contribution in [0, 0.1) is 0 Å². The Kier molecular flexibility index (Phi) is 5.53. The molecule has 2 heterocycles. The predicted molar refractivity (Wildman–Crippen MR) is 127 cm³/mol. The average molecular weight is 410 g/mol. The maximum atomic E-state index is 5.33. The molecule has 4 nitrogen and oxygen atoms in total. The maximum absolute atomic E-state index is 5.33. The highest BCUT2D eigenvalue weighted by Crippen LogP contribution is 2.34. The smallest absolute Gasteiger partial charge is 0.118 e. The van der Waals surface area contributed by atoms with Crippen LogP contribution in [0.25, 0.3) is 0 Å². The van der Waals surface area contributed by atoms with Crippen molar-refractivity contribution in [1.29, 1.82) is 0 Å². The molecule has 0 atom stereocenters. The van der Waals surface area contributed by atoms with Gasteiger partial charge in [-0.2, -0.15) is 0 Å². The van der Waals surface area contributed by atoms with Gasteiger partial charge in [0.25, 0.3) is 0 Å². The molecule has 156 valence electrons. The monoisotopic (exact) mass is 409 g/mol. The number of likely N-dealkylation sites (tertiary alicyclic amines) is 1. The number of aliphatic imine (C=N–C) groups is 2. The zero-order chi connectivity index (χ0) is 21.0. The van der Waals surface area contributed by atoms with E-state index in [9.17, 15) is 0 Å². The first-order valence-electron chi connectivity index (χ1n) is 11.0. The van der Waals surface area contributed by atoms with Gasteiger partial charge in [-0.15, -0.1) is 0 Å². The SMILES string of the molecule is COc1ccc(C2=Nc3ccccc3N=C(N3CCC(c4ccccc4)CC3)C2)cc1. The molecule has 0 aliphatic carbocycles. The van der Waals surface area contributed by atoms with E-state index in [1.807, 2.05) is 30.3 Å². The Morgan fingerprint density at radius 2 is 1.42 bits per heavy atom.